The Morgan fingerprint density at radius 1 is 1.16 bits per heavy atom. The lowest BCUT2D eigenvalue weighted by Crippen LogP contribution is -2.08. The number of anilines is 1. The highest BCUT2D eigenvalue weighted by Gasteiger charge is 2.04. The average molecular weight is 260 g/mol. The molecule has 0 aliphatic rings. The van der Waals surface area contributed by atoms with Crippen LogP contribution in [0.2, 0.25) is 0 Å². The highest BCUT2D eigenvalue weighted by molar-refractivity contribution is 6.01. The van der Waals surface area contributed by atoms with E-state index in [0.717, 1.165) is 12.1 Å². The summed E-state index contributed by atoms with van der Waals surface area (Å²) >= 11 is 0. The fourth-order valence-corrected chi connectivity index (χ4v) is 1.39. The first-order chi connectivity index (χ1) is 9.15. The molecule has 0 atom stereocenters. The second kappa shape index (κ2) is 5.86. The van der Waals surface area contributed by atoms with Crippen LogP contribution in [0.3, 0.4) is 0 Å². The first-order valence-electron chi connectivity index (χ1n) is 5.50. The van der Waals surface area contributed by atoms with Crippen LogP contribution in [-0.2, 0) is 4.79 Å². The fraction of sp³-hybridized carbons (Fsp3) is 0. The standard InChI is InChI=1S/C14H10F2N2O/c15-12-6-4-11(9-13(12)16)18-14(19)7-5-10-3-1-2-8-17-10/h1-9H,(H,18,19). The van der Waals surface area contributed by atoms with Crippen LogP contribution in [0.4, 0.5) is 14.5 Å². The van der Waals surface area contributed by atoms with E-state index in [1.165, 1.54) is 18.2 Å². The van der Waals surface area contributed by atoms with Gasteiger partial charge in [-0.2, -0.15) is 0 Å². The summed E-state index contributed by atoms with van der Waals surface area (Å²) in [6.07, 6.45) is 4.39. The molecule has 0 aliphatic heterocycles. The lowest BCUT2D eigenvalue weighted by Gasteiger charge is -2.02. The molecule has 0 saturated carbocycles. The molecule has 1 aromatic heterocycles. The summed E-state index contributed by atoms with van der Waals surface area (Å²) in [6, 6.07) is 8.44. The van der Waals surface area contributed by atoms with Gasteiger partial charge in [-0.15, -0.1) is 0 Å². The van der Waals surface area contributed by atoms with E-state index in [1.54, 1.807) is 24.4 Å². The van der Waals surface area contributed by atoms with E-state index >= 15 is 0 Å². The number of hydrogen-bond donors (Lipinski definition) is 1. The molecule has 0 saturated heterocycles. The van der Waals surface area contributed by atoms with Gasteiger partial charge < -0.3 is 5.32 Å². The summed E-state index contributed by atoms with van der Waals surface area (Å²) in [7, 11) is 0. The van der Waals surface area contributed by atoms with Crippen molar-refractivity contribution in [3.8, 4) is 0 Å². The van der Waals surface area contributed by atoms with Crippen molar-refractivity contribution in [3.05, 3.63) is 66.0 Å². The van der Waals surface area contributed by atoms with Crippen LogP contribution in [0.25, 0.3) is 6.08 Å². The summed E-state index contributed by atoms with van der Waals surface area (Å²) < 4.78 is 25.6. The van der Waals surface area contributed by atoms with Gasteiger partial charge >= 0.3 is 0 Å². The van der Waals surface area contributed by atoms with Crippen molar-refractivity contribution >= 4 is 17.7 Å². The fourth-order valence-electron chi connectivity index (χ4n) is 1.39. The summed E-state index contributed by atoms with van der Waals surface area (Å²) in [5, 5.41) is 2.42. The Kier molecular flexibility index (Phi) is 3.97. The molecule has 5 heteroatoms. The number of amides is 1. The number of rotatable bonds is 3. The molecule has 1 aromatic carbocycles. The molecule has 0 aliphatic carbocycles. The number of nitrogens with one attached hydrogen (secondary N) is 1. The minimum atomic E-state index is -1.01. The lowest BCUT2D eigenvalue weighted by atomic mass is 10.3. The van der Waals surface area contributed by atoms with E-state index in [9.17, 15) is 13.6 Å². The average Bonchev–Trinajstić information content (AvgIpc) is 2.42. The molecule has 1 N–H and O–H groups in total. The van der Waals surface area contributed by atoms with Gasteiger partial charge in [0.15, 0.2) is 11.6 Å². The zero-order chi connectivity index (χ0) is 13.7. The van der Waals surface area contributed by atoms with E-state index in [4.69, 9.17) is 0 Å². The molecule has 19 heavy (non-hydrogen) atoms. The topological polar surface area (TPSA) is 42.0 Å². The first-order valence-corrected chi connectivity index (χ1v) is 5.50. The number of hydrogen-bond acceptors (Lipinski definition) is 2. The van der Waals surface area contributed by atoms with E-state index in [-0.39, 0.29) is 5.69 Å². The van der Waals surface area contributed by atoms with Gasteiger partial charge in [0.2, 0.25) is 5.91 Å². The summed E-state index contributed by atoms with van der Waals surface area (Å²) in [4.78, 5) is 15.5. The maximum Gasteiger partial charge on any atom is 0.248 e. The third-order valence-corrected chi connectivity index (χ3v) is 2.28. The molecule has 0 radical (unpaired) electrons. The van der Waals surface area contributed by atoms with Gasteiger partial charge in [-0.25, -0.2) is 8.78 Å². The summed E-state index contributed by atoms with van der Waals surface area (Å²) in [5.41, 5.74) is 0.817. The Balaban J connectivity index is 2.01. The maximum absolute atomic E-state index is 12.9. The maximum atomic E-state index is 12.9. The summed E-state index contributed by atoms with van der Waals surface area (Å²) in [6.45, 7) is 0. The van der Waals surface area contributed by atoms with Gasteiger partial charge in [-0.3, -0.25) is 9.78 Å². The number of halogens is 2. The van der Waals surface area contributed by atoms with Gasteiger partial charge in [0.25, 0.3) is 0 Å². The van der Waals surface area contributed by atoms with E-state index in [0.29, 0.717) is 5.69 Å². The number of carbonyl (C=O) groups excluding carboxylic acids is 1. The minimum absolute atomic E-state index is 0.189. The van der Waals surface area contributed by atoms with Crippen LogP contribution in [0, 0.1) is 11.6 Å². The first kappa shape index (κ1) is 12.9. The van der Waals surface area contributed by atoms with Crippen molar-refractivity contribution in [2.24, 2.45) is 0 Å². The van der Waals surface area contributed by atoms with Crippen molar-refractivity contribution in [3.63, 3.8) is 0 Å². The van der Waals surface area contributed by atoms with Crippen LogP contribution >= 0.6 is 0 Å². The number of benzene rings is 1. The highest BCUT2D eigenvalue weighted by atomic mass is 19.2. The third-order valence-electron chi connectivity index (χ3n) is 2.28. The van der Waals surface area contributed by atoms with Crippen LogP contribution < -0.4 is 5.32 Å². The van der Waals surface area contributed by atoms with Crippen molar-refractivity contribution in [1.29, 1.82) is 0 Å². The van der Waals surface area contributed by atoms with Crippen LogP contribution in [0.5, 0.6) is 0 Å². The Bertz CT molecular complexity index is 612. The Morgan fingerprint density at radius 2 is 2.00 bits per heavy atom. The van der Waals surface area contributed by atoms with E-state index in [1.807, 2.05) is 0 Å². The SMILES string of the molecule is O=C(C=Cc1ccccn1)Nc1ccc(F)c(F)c1. The molecule has 1 heterocycles. The molecule has 0 fully saturated rings. The molecule has 2 aromatic rings. The largest absolute Gasteiger partial charge is 0.322 e. The predicted molar refractivity (Wildman–Crippen MR) is 68.3 cm³/mol. The van der Waals surface area contributed by atoms with Gasteiger partial charge in [-0.1, -0.05) is 6.07 Å². The Morgan fingerprint density at radius 3 is 2.68 bits per heavy atom. The van der Waals surface area contributed by atoms with Crippen LogP contribution in [0.15, 0.2) is 48.7 Å². The smallest absolute Gasteiger partial charge is 0.248 e. The molecular weight excluding hydrogens is 250 g/mol. The zero-order valence-electron chi connectivity index (χ0n) is 9.81. The Hall–Kier alpha value is -2.56. The number of carbonyl (C=O) groups is 1. The Labute approximate surface area is 108 Å². The van der Waals surface area contributed by atoms with Crippen LogP contribution in [-0.4, -0.2) is 10.9 Å². The molecule has 2 rings (SSSR count). The number of pyridine rings is 1. The molecule has 1 amide bonds. The number of nitrogens with zero attached hydrogens (tertiary/aromatic N) is 1. The second-order valence-electron chi connectivity index (χ2n) is 3.71. The minimum Gasteiger partial charge on any atom is -0.322 e. The van der Waals surface area contributed by atoms with Crippen LogP contribution in [0.1, 0.15) is 5.69 Å². The molecule has 3 nitrogen and oxygen atoms in total. The van der Waals surface area contributed by atoms with Gasteiger partial charge in [0.05, 0.1) is 5.69 Å². The highest BCUT2D eigenvalue weighted by Crippen LogP contribution is 2.13. The molecule has 96 valence electrons. The van der Waals surface area contributed by atoms with Crippen molar-refractivity contribution < 1.29 is 13.6 Å². The van der Waals surface area contributed by atoms with E-state index in [2.05, 4.69) is 10.3 Å². The van der Waals surface area contributed by atoms with Crippen molar-refractivity contribution in [2.45, 2.75) is 0 Å². The molecule has 0 spiro atoms. The quantitative estimate of drug-likeness (QED) is 0.862. The zero-order valence-corrected chi connectivity index (χ0v) is 9.81. The summed E-state index contributed by atoms with van der Waals surface area (Å²) in [5.74, 6) is -2.41. The van der Waals surface area contributed by atoms with Crippen molar-refractivity contribution in [1.82, 2.24) is 4.98 Å². The second-order valence-corrected chi connectivity index (χ2v) is 3.71. The number of aromatic nitrogens is 1. The normalized spacial score (nSPS) is 10.6. The van der Waals surface area contributed by atoms with Gasteiger partial charge in [0, 0.05) is 24.0 Å². The molecule has 0 unspecified atom stereocenters. The monoisotopic (exact) mass is 260 g/mol. The lowest BCUT2D eigenvalue weighted by molar-refractivity contribution is -0.111. The third kappa shape index (κ3) is 3.70. The predicted octanol–water partition coefficient (Wildman–Crippen LogP) is 3.01. The van der Waals surface area contributed by atoms with Crippen molar-refractivity contribution in [2.75, 3.05) is 5.32 Å². The van der Waals surface area contributed by atoms with E-state index < -0.39 is 17.5 Å². The van der Waals surface area contributed by atoms with Gasteiger partial charge in [0.1, 0.15) is 0 Å². The van der Waals surface area contributed by atoms with Gasteiger partial charge in [-0.05, 0) is 30.3 Å². The molecule has 0 bridgehead atoms. The molecular formula is C14H10F2N2O.